The third kappa shape index (κ3) is 6.73. The van der Waals surface area contributed by atoms with Crippen molar-refractivity contribution in [2.75, 3.05) is 49.5 Å². The second kappa shape index (κ2) is 12.4. The number of hydrogen-bond acceptors (Lipinski definition) is 4. The summed E-state index contributed by atoms with van der Waals surface area (Å²) in [6.07, 6.45) is 6.00. The molecule has 2 aromatic rings. The van der Waals surface area contributed by atoms with Crippen LogP contribution in [0.15, 0.2) is 48.5 Å². The number of hydrogen-bond donors (Lipinski definition) is 1. The molecule has 0 unspecified atom stereocenters. The molecule has 2 aliphatic heterocycles. The lowest BCUT2D eigenvalue weighted by Crippen LogP contribution is -2.34. The lowest BCUT2D eigenvalue weighted by Gasteiger charge is -2.26. The van der Waals surface area contributed by atoms with Crippen molar-refractivity contribution in [1.29, 1.82) is 0 Å². The first-order chi connectivity index (χ1) is 15.3. The number of piperidine rings is 1. The molecule has 1 amide bonds. The van der Waals surface area contributed by atoms with Crippen LogP contribution >= 0.6 is 0 Å². The summed E-state index contributed by atoms with van der Waals surface area (Å²) >= 11 is 0. The predicted octanol–water partition coefficient (Wildman–Crippen LogP) is 4.97. The third-order valence-corrected chi connectivity index (χ3v) is 5.80. The highest BCUT2D eigenvalue weighted by molar-refractivity contribution is 5.98. The number of amides is 1. The number of carbonyl (C=O) groups excluding carboxylic acids is 1. The molecule has 0 spiro atoms. The Labute approximate surface area is 187 Å². The van der Waals surface area contributed by atoms with Crippen LogP contribution in [0.1, 0.15) is 45.1 Å². The first-order valence-electron chi connectivity index (χ1n) is 11.9. The first kappa shape index (κ1) is 23.1. The van der Waals surface area contributed by atoms with Gasteiger partial charge in [0.1, 0.15) is 5.75 Å². The van der Waals surface area contributed by atoms with Gasteiger partial charge < -0.3 is 19.9 Å². The number of nitrogens with zero attached hydrogens (tertiary/aromatic N) is 2. The molecule has 5 nitrogen and oxygen atoms in total. The highest BCUT2D eigenvalue weighted by Gasteiger charge is 2.24. The minimum atomic E-state index is 0.0998. The molecule has 0 aromatic heterocycles. The van der Waals surface area contributed by atoms with E-state index in [0.717, 1.165) is 49.7 Å². The summed E-state index contributed by atoms with van der Waals surface area (Å²) in [5.74, 6) is 1.02. The van der Waals surface area contributed by atoms with E-state index in [1.54, 1.807) is 0 Å². The molecule has 5 heteroatoms. The smallest absolute Gasteiger partial charge is 0.246 e. The number of para-hydroxylation sites is 1. The van der Waals surface area contributed by atoms with Crippen LogP contribution < -0.4 is 15.0 Å². The second-order valence-corrected chi connectivity index (χ2v) is 7.91. The van der Waals surface area contributed by atoms with Crippen LogP contribution in [0.25, 0.3) is 0 Å². The number of anilines is 2. The lowest BCUT2D eigenvalue weighted by atomic mass is 10.1. The Hall–Kier alpha value is -2.53. The summed E-state index contributed by atoms with van der Waals surface area (Å²) < 4.78 is 5.98. The maximum absolute atomic E-state index is 12.7. The maximum Gasteiger partial charge on any atom is 0.246 e. The van der Waals surface area contributed by atoms with Gasteiger partial charge in [-0.1, -0.05) is 38.5 Å². The molecule has 1 saturated heterocycles. The average Bonchev–Trinajstić information content (AvgIpc) is 3.26. The molecule has 0 bridgehead atoms. The second-order valence-electron chi connectivity index (χ2n) is 7.91. The Morgan fingerprint density at radius 1 is 1.00 bits per heavy atom. The van der Waals surface area contributed by atoms with Crippen molar-refractivity contribution >= 4 is 17.3 Å². The molecule has 168 valence electrons. The number of fused-ring (bicyclic) bond motifs is 1. The number of nitrogens with one attached hydrogen (secondary N) is 1. The van der Waals surface area contributed by atoms with E-state index in [1.165, 1.54) is 37.9 Å². The van der Waals surface area contributed by atoms with Crippen molar-refractivity contribution in [3.05, 3.63) is 54.1 Å². The maximum atomic E-state index is 12.7. The summed E-state index contributed by atoms with van der Waals surface area (Å²) in [4.78, 5) is 17.1. The van der Waals surface area contributed by atoms with E-state index >= 15 is 0 Å². The average molecular weight is 424 g/mol. The number of likely N-dealkylation sites (tertiary alicyclic amines) is 1. The number of ether oxygens (including phenoxy) is 1. The van der Waals surface area contributed by atoms with Crippen LogP contribution in [0.3, 0.4) is 0 Å². The van der Waals surface area contributed by atoms with Crippen LogP contribution in [-0.2, 0) is 11.2 Å². The highest BCUT2D eigenvalue weighted by Crippen LogP contribution is 2.31. The summed E-state index contributed by atoms with van der Waals surface area (Å²) in [6, 6.07) is 16.0. The Balaban J connectivity index is 0.00000132. The van der Waals surface area contributed by atoms with Gasteiger partial charge >= 0.3 is 0 Å². The molecule has 1 N–H and O–H groups in total. The largest absolute Gasteiger partial charge is 0.494 e. The quantitative estimate of drug-likeness (QED) is 0.609. The minimum absolute atomic E-state index is 0.0998. The number of benzene rings is 2. The zero-order valence-electron chi connectivity index (χ0n) is 19.1. The standard InChI is InChI=1S/C24H31N3O2.C2H6/c28-24(19-25-21-8-3-1-4-9-21)27-16-12-20-18-22(10-11-23(20)27)29-17-7-15-26-13-5-2-6-14-26;1-2/h1,3-4,8-11,18,25H,2,5-7,12-17,19H2;1-2H3. The van der Waals surface area contributed by atoms with E-state index in [2.05, 4.69) is 16.3 Å². The van der Waals surface area contributed by atoms with Gasteiger partial charge in [-0.25, -0.2) is 0 Å². The van der Waals surface area contributed by atoms with Gasteiger partial charge in [0.2, 0.25) is 5.91 Å². The van der Waals surface area contributed by atoms with Gasteiger partial charge in [-0.05, 0) is 74.7 Å². The van der Waals surface area contributed by atoms with Crippen molar-refractivity contribution in [3.63, 3.8) is 0 Å². The van der Waals surface area contributed by atoms with Crippen molar-refractivity contribution in [2.45, 2.75) is 46.0 Å². The molecule has 2 heterocycles. The third-order valence-electron chi connectivity index (χ3n) is 5.80. The molecule has 0 atom stereocenters. The fourth-order valence-corrected chi connectivity index (χ4v) is 4.22. The van der Waals surface area contributed by atoms with Gasteiger partial charge in [0, 0.05) is 24.5 Å². The molecule has 0 aliphatic carbocycles. The van der Waals surface area contributed by atoms with E-state index < -0.39 is 0 Å². The Bertz CT molecular complexity index is 804. The van der Waals surface area contributed by atoms with Gasteiger partial charge in [0.15, 0.2) is 0 Å². The van der Waals surface area contributed by atoms with Gasteiger partial charge in [-0.15, -0.1) is 0 Å². The van der Waals surface area contributed by atoms with Gasteiger partial charge in [-0.3, -0.25) is 4.79 Å². The van der Waals surface area contributed by atoms with Crippen molar-refractivity contribution < 1.29 is 9.53 Å². The van der Waals surface area contributed by atoms with Crippen molar-refractivity contribution in [1.82, 2.24) is 4.90 Å². The van der Waals surface area contributed by atoms with Crippen molar-refractivity contribution in [3.8, 4) is 5.75 Å². The van der Waals surface area contributed by atoms with E-state index in [-0.39, 0.29) is 5.91 Å². The van der Waals surface area contributed by atoms with Crippen molar-refractivity contribution in [2.24, 2.45) is 0 Å². The van der Waals surface area contributed by atoms with E-state index in [4.69, 9.17) is 4.74 Å². The molecule has 0 radical (unpaired) electrons. The Morgan fingerprint density at radius 2 is 1.77 bits per heavy atom. The predicted molar refractivity (Wildman–Crippen MR) is 129 cm³/mol. The molecule has 4 rings (SSSR count). The minimum Gasteiger partial charge on any atom is -0.494 e. The zero-order valence-corrected chi connectivity index (χ0v) is 19.1. The van der Waals surface area contributed by atoms with Gasteiger partial charge in [0.05, 0.1) is 13.2 Å². The molecule has 31 heavy (non-hydrogen) atoms. The highest BCUT2D eigenvalue weighted by atomic mass is 16.5. The van der Waals surface area contributed by atoms with E-state index in [1.807, 2.05) is 61.2 Å². The van der Waals surface area contributed by atoms with Gasteiger partial charge in [-0.2, -0.15) is 0 Å². The zero-order chi connectivity index (χ0) is 21.9. The van der Waals surface area contributed by atoms with Crippen LogP contribution in [0.2, 0.25) is 0 Å². The molecule has 2 aliphatic rings. The monoisotopic (exact) mass is 423 g/mol. The van der Waals surface area contributed by atoms with Crippen LogP contribution in [0, 0.1) is 0 Å². The summed E-state index contributed by atoms with van der Waals surface area (Å²) in [6.45, 7) is 9.39. The number of carbonyl (C=O) groups is 1. The van der Waals surface area contributed by atoms with Crippen LogP contribution in [0.4, 0.5) is 11.4 Å². The Kier molecular flexibility index (Phi) is 9.22. The molecule has 0 saturated carbocycles. The fourth-order valence-electron chi connectivity index (χ4n) is 4.22. The SMILES string of the molecule is CC.O=C(CNc1ccccc1)N1CCc2cc(OCCCN3CCCCC3)ccc21. The van der Waals surface area contributed by atoms with Gasteiger partial charge in [0.25, 0.3) is 0 Å². The summed E-state index contributed by atoms with van der Waals surface area (Å²) in [7, 11) is 0. The van der Waals surface area contributed by atoms with E-state index in [0.29, 0.717) is 6.54 Å². The molecular weight excluding hydrogens is 386 g/mol. The first-order valence-corrected chi connectivity index (χ1v) is 11.9. The molecular formula is C26H37N3O2. The fraction of sp³-hybridized carbons (Fsp3) is 0.500. The molecule has 1 fully saturated rings. The van der Waals surface area contributed by atoms with E-state index in [9.17, 15) is 4.79 Å². The normalized spacial score (nSPS) is 15.6. The lowest BCUT2D eigenvalue weighted by molar-refractivity contribution is -0.116. The summed E-state index contributed by atoms with van der Waals surface area (Å²) in [5, 5.41) is 3.20. The summed E-state index contributed by atoms with van der Waals surface area (Å²) in [5.41, 5.74) is 3.19. The topological polar surface area (TPSA) is 44.8 Å². The molecule has 2 aromatic carbocycles. The number of rotatable bonds is 8. The Morgan fingerprint density at radius 3 is 2.55 bits per heavy atom. The van der Waals surface area contributed by atoms with Crippen LogP contribution in [0.5, 0.6) is 5.75 Å². The van der Waals surface area contributed by atoms with Crippen LogP contribution in [-0.4, -0.2) is 50.1 Å².